The molecule has 0 aromatic heterocycles. The van der Waals surface area contributed by atoms with Crippen molar-refractivity contribution in [1.82, 2.24) is 4.90 Å². The van der Waals surface area contributed by atoms with Gasteiger partial charge in [-0.2, -0.15) is 0 Å². The van der Waals surface area contributed by atoms with Crippen LogP contribution in [0.25, 0.3) is 0 Å². The zero-order chi connectivity index (χ0) is 16.4. The second-order valence-corrected chi connectivity index (χ2v) is 6.42. The maximum absolute atomic E-state index is 13.2. The lowest BCUT2D eigenvalue weighted by molar-refractivity contribution is -0.135. The number of rotatable bonds is 5. The van der Waals surface area contributed by atoms with Crippen molar-refractivity contribution in [2.24, 2.45) is 5.92 Å². The Kier molecular flexibility index (Phi) is 4.22. The molecule has 0 bridgehead atoms. The van der Waals surface area contributed by atoms with Crippen LogP contribution in [0.15, 0.2) is 60.7 Å². The van der Waals surface area contributed by atoms with Crippen LogP contribution in [-0.2, 0) is 10.2 Å². The molecule has 2 aromatic carbocycles. The van der Waals surface area contributed by atoms with E-state index in [-0.39, 0.29) is 24.5 Å². The van der Waals surface area contributed by atoms with Gasteiger partial charge < -0.3 is 10.0 Å². The molecule has 1 unspecified atom stereocenters. The van der Waals surface area contributed by atoms with Gasteiger partial charge in [-0.3, -0.25) is 4.79 Å². The molecular formula is C20H23NO2. The second-order valence-electron chi connectivity index (χ2n) is 6.42. The number of amides is 1. The molecule has 1 fully saturated rings. The third kappa shape index (κ3) is 2.66. The second kappa shape index (κ2) is 6.17. The number of carbonyl (C=O) groups excluding carboxylic acids is 1. The van der Waals surface area contributed by atoms with Crippen molar-refractivity contribution in [3.05, 3.63) is 71.8 Å². The zero-order valence-electron chi connectivity index (χ0n) is 13.6. The van der Waals surface area contributed by atoms with Crippen molar-refractivity contribution < 1.29 is 9.90 Å². The monoisotopic (exact) mass is 309 g/mol. The van der Waals surface area contributed by atoms with Gasteiger partial charge in [0.2, 0.25) is 5.91 Å². The van der Waals surface area contributed by atoms with Gasteiger partial charge in [-0.15, -0.1) is 0 Å². The third-order valence-electron chi connectivity index (χ3n) is 5.18. The van der Waals surface area contributed by atoms with Gasteiger partial charge in [0, 0.05) is 19.6 Å². The Balaban J connectivity index is 1.88. The summed E-state index contributed by atoms with van der Waals surface area (Å²) in [6.07, 6.45) is 0.720. The highest BCUT2D eigenvalue weighted by molar-refractivity contribution is 5.92. The molecule has 3 nitrogen and oxygen atoms in total. The minimum atomic E-state index is -0.562. The van der Waals surface area contributed by atoms with Crippen LogP contribution in [0.4, 0.5) is 0 Å². The first-order valence-corrected chi connectivity index (χ1v) is 8.10. The zero-order valence-corrected chi connectivity index (χ0v) is 13.6. The first kappa shape index (κ1) is 15.8. The number of aliphatic hydroxyl groups is 1. The van der Waals surface area contributed by atoms with Crippen LogP contribution >= 0.6 is 0 Å². The van der Waals surface area contributed by atoms with Gasteiger partial charge in [-0.05, 0) is 24.5 Å². The molecule has 1 aliphatic rings. The summed E-state index contributed by atoms with van der Waals surface area (Å²) in [5, 5.41) is 9.62. The van der Waals surface area contributed by atoms with Crippen LogP contribution in [0.2, 0.25) is 0 Å². The van der Waals surface area contributed by atoms with E-state index < -0.39 is 5.41 Å². The van der Waals surface area contributed by atoms with Gasteiger partial charge in [-0.1, -0.05) is 60.7 Å². The number of hydrogen-bond acceptors (Lipinski definition) is 2. The average Bonchev–Trinajstić information content (AvgIpc) is 3.37. The summed E-state index contributed by atoms with van der Waals surface area (Å²) >= 11 is 0. The molecule has 1 aliphatic carbocycles. The van der Waals surface area contributed by atoms with E-state index in [1.165, 1.54) is 0 Å². The molecule has 3 rings (SSSR count). The molecule has 0 aliphatic heterocycles. The predicted octanol–water partition coefficient (Wildman–Crippen LogP) is 3.16. The Bertz CT molecular complexity index is 671. The van der Waals surface area contributed by atoms with Gasteiger partial charge in [0.1, 0.15) is 0 Å². The smallest absolute Gasteiger partial charge is 0.233 e. The van der Waals surface area contributed by atoms with Crippen LogP contribution in [0.3, 0.4) is 0 Å². The van der Waals surface area contributed by atoms with Crippen LogP contribution < -0.4 is 0 Å². The maximum Gasteiger partial charge on any atom is 0.233 e. The van der Waals surface area contributed by atoms with Gasteiger partial charge in [-0.25, -0.2) is 0 Å². The van der Waals surface area contributed by atoms with Gasteiger partial charge in [0.05, 0.1) is 11.5 Å². The van der Waals surface area contributed by atoms with Crippen LogP contribution in [-0.4, -0.2) is 29.6 Å². The highest BCUT2D eigenvalue weighted by atomic mass is 16.3. The van der Waals surface area contributed by atoms with E-state index in [0.29, 0.717) is 0 Å². The van der Waals surface area contributed by atoms with Crippen molar-refractivity contribution in [3.63, 3.8) is 0 Å². The summed E-state index contributed by atoms with van der Waals surface area (Å²) < 4.78 is 0. The molecule has 3 atom stereocenters. The molecule has 1 amide bonds. The molecule has 0 saturated heterocycles. The number of hydrogen-bond donors (Lipinski definition) is 1. The summed E-state index contributed by atoms with van der Waals surface area (Å²) in [6.45, 7) is 2.09. The van der Waals surface area contributed by atoms with Crippen molar-refractivity contribution in [2.45, 2.75) is 24.8 Å². The fourth-order valence-corrected chi connectivity index (χ4v) is 3.47. The van der Waals surface area contributed by atoms with E-state index in [4.69, 9.17) is 0 Å². The average molecular weight is 309 g/mol. The summed E-state index contributed by atoms with van der Waals surface area (Å²) in [6, 6.07) is 19.9. The Hall–Kier alpha value is -2.13. The Labute approximate surface area is 137 Å². The SMILES string of the molecule is CC(c1ccccc1)N(C)C(=O)[C@@]1(c2ccccc2)C[C@H]1CO. The minimum absolute atomic E-state index is 0.00392. The first-order chi connectivity index (χ1) is 11.1. The number of likely N-dealkylation sites (N-methyl/N-ethyl adjacent to an activating group) is 1. The number of carbonyl (C=O) groups is 1. The summed E-state index contributed by atoms with van der Waals surface area (Å²) in [5.41, 5.74) is 1.57. The van der Waals surface area contributed by atoms with E-state index in [2.05, 4.69) is 0 Å². The Morgan fingerprint density at radius 1 is 1.17 bits per heavy atom. The fraction of sp³-hybridized carbons (Fsp3) is 0.350. The van der Waals surface area contributed by atoms with E-state index >= 15 is 0 Å². The Morgan fingerprint density at radius 2 is 1.74 bits per heavy atom. The quantitative estimate of drug-likeness (QED) is 0.921. The largest absolute Gasteiger partial charge is 0.396 e. The van der Waals surface area contributed by atoms with Crippen LogP contribution in [0.5, 0.6) is 0 Å². The minimum Gasteiger partial charge on any atom is -0.396 e. The normalized spacial score (nSPS) is 24.0. The topological polar surface area (TPSA) is 40.5 Å². The van der Waals surface area contributed by atoms with Crippen molar-refractivity contribution >= 4 is 5.91 Å². The van der Waals surface area contributed by atoms with Gasteiger partial charge >= 0.3 is 0 Å². The van der Waals surface area contributed by atoms with E-state index in [0.717, 1.165) is 17.5 Å². The molecule has 3 heteroatoms. The molecule has 0 heterocycles. The van der Waals surface area contributed by atoms with E-state index in [1.54, 1.807) is 0 Å². The molecule has 1 N–H and O–H groups in total. The van der Waals surface area contributed by atoms with Crippen LogP contribution in [0, 0.1) is 5.92 Å². The van der Waals surface area contributed by atoms with Crippen molar-refractivity contribution in [3.8, 4) is 0 Å². The van der Waals surface area contributed by atoms with E-state index in [9.17, 15) is 9.90 Å². The third-order valence-corrected chi connectivity index (χ3v) is 5.18. The standard InChI is InChI=1S/C20H23NO2/c1-15(16-9-5-3-6-10-16)21(2)19(23)20(13-18(20)14-22)17-11-7-4-8-12-17/h3-12,15,18,22H,13-14H2,1-2H3/t15?,18-,20+/m0/s1. The van der Waals surface area contributed by atoms with Gasteiger partial charge in [0.25, 0.3) is 0 Å². The summed E-state index contributed by atoms with van der Waals surface area (Å²) in [4.78, 5) is 15.0. The molecule has 1 saturated carbocycles. The summed E-state index contributed by atoms with van der Waals surface area (Å²) in [7, 11) is 1.86. The fourth-order valence-electron chi connectivity index (χ4n) is 3.47. The van der Waals surface area contributed by atoms with Crippen molar-refractivity contribution in [2.75, 3.05) is 13.7 Å². The predicted molar refractivity (Wildman–Crippen MR) is 90.9 cm³/mol. The number of nitrogens with zero attached hydrogens (tertiary/aromatic N) is 1. The molecular weight excluding hydrogens is 286 g/mol. The number of benzene rings is 2. The first-order valence-electron chi connectivity index (χ1n) is 8.10. The lowest BCUT2D eigenvalue weighted by Crippen LogP contribution is -2.39. The summed E-state index contributed by atoms with van der Waals surface area (Å²) in [5.74, 6) is 0.113. The molecule has 2 aromatic rings. The van der Waals surface area contributed by atoms with Gasteiger partial charge in [0.15, 0.2) is 0 Å². The molecule has 23 heavy (non-hydrogen) atoms. The molecule has 120 valence electrons. The Morgan fingerprint density at radius 3 is 2.26 bits per heavy atom. The number of aliphatic hydroxyl groups excluding tert-OH is 1. The maximum atomic E-state index is 13.2. The molecule has 0 radical (unpaired) electrons. The highest BCUT2D eigenvalue weighted by Crippen LogP contribution is 2.55. The highest BCUT2D eigenvalue weighted by Gasteiger charge is 2.61. The van der Waals surface area contributed by atoms with Crippen molar-refractivity contribution in [1.29, 1.82) is 0 Å². The molecule has 0 spiro atoms. The lowest BCUT2D eigenvalue weighted by Gasteiger charge is -2.30. The van der Waals surface area contributed by atoms with Crippen LogP contribution in [0.1, 0.15) is 30.5 Å². The van der Waals surface area contributed by atoms with E-state index in [1.807, 2.05) is 79.5 Å². The lowest BCUT2D eigenvalue weighted by atomic mass is 9.91.